The van der Waals surface area contributed by atoms with Crippen LogP contribution in [0.2, 0.25) is 0 Å². The molecule has 0 bridgehead atoms. The molecule has 0 fully saturated rings. The van der Waals surface area contributed by atoms with Crippen LogP contribution in [0.4, 0.5) is 0 Å². The third-order valence-corrected chi connectivity index (χ3v) is 6.14. The largest absolute Gasteiger partial charge is 0.483 e. The number of carbonyl (C=O) groups excluding carboxylic acids is 2. The summed E-state index contributed by atoms with van der Waals surface area (Å²) in [5.41, 5.74) is 6.38. The van der Waals surface area contributed by atoms with E-state index in [2.05, 4.69) is 15.6 Å². The smallest absolute Gasteiger partial charge is 0.276 e. The van der Waals surface area contributed by atoms with Crippen molar-refractivity contribution in [2.24, 2.45) is 0 Å². The highest BCUT2D eigenvalue weighted by atomic mass is 32.2. The molecule has 0 radical (unpaired) electrons. The molecule has 0 aromatic heterocycles. The minimum Gasteiger partial charge on any atom is -0.483 e. The van der Waals surface area contributed by atoms with Crippen LogP contribution in [-0.4, -0.2) is 26.8 Å². The Labute approximate surface area is 193 Å². The molecule has 0 aliphatic carbocycles. The van der Waals surface area contributed by atoms with E-state index in [1.54, 1.807) is 18.2 Å². The topological polar surface area (TPSA) is 114 Å². The molecule has 33 heavy (non-hydrogen) atoms. The molecule has 3 N–H and O–H groups in total. The Kier molecular flexibility index (Phi) is 8.17. The summed E-state index contributed by atoms with van der Waals surface area (Å²) in [6.45, 7) is 1.82. The van der Waals surface area contributed by atoms with Gasteiger partial charge in [-0.05, 0) is 41.8 Å². The Bertz CT molecular complexity index is 1210. The number of amides is 2. The highest BCUT2D eigenvalue weighted by Gasteiger charge is 2.16. The van der Waals surface area contributed by atoms with Gasteiger partial charge in [-0.25, -0.2) is 13.1 Å². The van der Waals surface area contributed by atoms with Crippen molar-refractivity contribution in [2.75, 3.05) is 6.61 Å². The molecule has 2 amide bonds. The number of aryl methyl sites for hydroxylation is 1. The van der Waals surface area contributed by atoms with Crippen molar-refractivity contribution in [3.63, 3.8) is 0 Å². The first kappa shape index (κ1) is 24.0. The van der Waals surface area contributed by atoms with Gasteiger partial charge in [-0.2, -0.15) is 0 Å². The summed E-state index contributed by atoms with van der Waals surface area (Å²) in [7, 11) is -3.83. The number of para-hydroxylation sites is 1. The molecular weight excluding hydrogens is 442 g/mol. The molecule has 0 heterocycles. The maximum absolute atomic E-state index is 12.6. The van der Waals surface area contributed by atoms with E-state index in [9.17, 15) is 18.0 Å². The summed E-state index contributed by atoms with van der Waals surface area (Å²) in [4.78, 5) is 24.4. The maximum Gasteiger partial charge on any atom is 0.276 e. The predicted octanol–water partition coefficient (Wildman–Crippen LogP) is 2.57. The van der Waals surface area contributed by atoms with Crippen LogP contribution in [0.25, 0.3) is 0 Å². The first-order valence-electron chi connectivity index (χ1n) is 10.3. The Hall–Kier alpha value is -3.69. The van der Waals surface area contributed by atoms with Crippen LogP contribution in [0.3, 0.4) is 0 Å². The summed E-state index contributed by atoms with van der Waals surface area (Å²) in [5.74, 6) is -0.609. The number of hydrazine groups is 1. The van der Waals surface area contributed by atoms with Crippen LogP contribution in [0.1, 0.15) is 28.4 Å². The molecule has 0 atom stereocenters. The normalized spacial score (nSPS) is 10.9. The standard InChI is InChI=1S/C24H25N3O5S/c1-2-19-11-6-7-14-22(19)32-17-23(28)26-27-24(29)20-12-8-13-21(15-20)33(30,31)25-16-18-9-4-3-5-10-18/h3-15,25H,2,16-17H2,1H3,(H,26,28)(H,27,29). The molecule has 0 saturated heterocycles. The van der Waals surface area contributed by atoms with Crippen molar-refractivity contribution in [3.05, 3.63) is 95.6 Å². The monoisotopic (exact) mass is 467 g/mol. The lowest BCUT2D eigenvalue weighted by molar-refractivity contribution is -0.123. The summed E-state index contributed by atoms with van der Waals surface area (Å²) in [5, 5.41) is 0. The van der Waals surface area contributed by atoms with Gasteiger partial charge < -0.3 is 4.74 Å². The van der Waals surface area contributed by atoms with Crippen molar-refractivity contribution >= 4 is 21.8 Å². The Balaban J connectivity index is 1.55. The highest BCUT2D eigenvalue weighted by Crippen LogP contribution is 2.18. The average molecular weight is 468 g/mol. The number of carbonyl (C=O) groups is 2. The van der Waals surface area contributed by atoms with Crippen LogP contribution >= 0.6 is 0 Å². The number of nitrogens with one attached hydrogen (secondary N) is 3. The van der Waals surface area contributed by atoms with Crippen LogP contribution in [0.5, 0.6) is 5.75 Å². The molecule has 0 unspecified atom stereocenters. The van der Waals surface area contributed by atoms with E-state index in [0.717, 1.165) is 17.5 Å². The zero-order valence-electron chi connectivity index (χ0n) is 18.1. The molecule has 172 valence electrons. The lowest BCUT2D eigenvalue weighted by Crippen LogP contribution is -2.43. The van der Waals surface area contributed by atoms with E-state index >= 15 is 0 Å². The first-order valence-corrected chi connectivity index (χ1v) is 11.8. The summed E-state index contributed by atoms with van der Waals surface area (Å²) < 4.78 is 33.2. The molecule has 3 aromatic carbocycles. The molecular formula is C24H25N3O5S. The van der Waals surface area contributed by atoms with Gasteiger partial charge in [-0.1, -0.05) is 61.5 Å². The molecule has 0 aliphatic heterocycles. The van der Waals surface area contributed by atoms with Gasteiger partial charge in [-0.3, -0.25) is 20.4 Å². The first-order chi connectivity index (χ1) is 15.9. The van der Waals surface area contributed by atoms with Gasteiger partial charge in [0.25, 0.3) is 11.8 Å². The number of ether oxygens (including phenoxy) is 1. The fourth-order valence-electron chi connectivity index (χ4n) is 2.98. The van der Waals surface area contributed by atoms with Gasteiger partial charge in [0, 0.05) is 12.1 Å². The van der Waals surface area contributed by atoms with Crippen LogP contribution in [0.15, 0.2) is 83.8 Å². The van der Waals surface area contributed by atoms with E-state index in [0.29, 0.717) is 5.75 Å². The minimum absolute atomic E-state index is 0.0584. The number of hydrogen-bond acceptors (Lipinski definition) is 5. The number of hydrogen-bond donors (Lipinski definition) is 3. The maximum atomic E-state index is 12.6. The average Bonchev–Trinajstić information content (AvgIpc) is 2.85. The minimum atomic E-state index is -3.83. The molecule has 8 nitrogen and oxygen atoms in total. The zero-order chi connectivity index (χ0) is 23.7. The quantitative estimate of drug-likeness (QED) is 0.419. The van der Waals surface area contributed by atoms with E-state index < -0.39 is 21.8 Å². The van der Waals surface area contributed by atoms with Crippen LogP contribution < -0.4 is 20.3 Å². The molecule has 3 rings (SSSR count). The van der Waals surface area contributed by atoms with Crippen LogP contribution in [-0.2, 0) is 27.8 Å². The van der Waals surface area contributed by atoms with Gasteiger partial charge in [0.2, 0.25) is 10.0 Å². The molecule has 3 aromatic rings. The van der Waals surface area contributed by atoms with E-state index in [-0.39, 0.29) is 23.6 Å². The lowest BCUT2D eigenvalue weighted by Gasteiger charge is -2.12. The van der Waals surface area contributed by atoms with Crippen molar-refractivity contribution < 1.29 is 22.7 Å². The van der Waals surface area contributed by atoms with Gasteiger partial charge in [0.15, 0.2) is 6.61 Å². The van der Waals surface area contributed by atoms with Crippen LogP contribution in [0, 0.1) is 0 Å². The van der Waals surface area contributed by atoms with Crippen molar-refractivity contribution in [1.29, 1.82) is 0 Å². The fourth-order valence-corrected chi connectivity index (χ4v) is 4.04. The summed E-state index contributed by atoms with van der Waals surface area (Å²) in [6.07, 6.45) is 0.758. The SMILES string of the molecule is CCc1ccccc1OCC(=O)NNC(=O)c1cccc(S(=O)(=O)NCc2ccccc2)c1. The summed E-state index contributed by atoms with van der Waals surface area (Å²) in [6, 6.07) is 22.0. The highest BCUT2D eigenvalue weighted by molar-refractivity contribution is 7.89. The molecule has 9 heteroatoms. The van der Waals surface area contributed by atoms with Gasteiger partial charge >= 0.3 is 0 Å². The number of benzene rings is 3. The lowest BCUT2D eigenvalue weighted by atomic mass is 10.1. The number of sulfonamides is 1. The zero-order valence-corrected chi connectivity index (χ0v) is 18.9. The molecule has 0 saturated carbocycles. The second kappa shape index (κ2) is 11.3. The fraction of sp³-hybridized carbons (Fsp3) is 0.167. The molecule has 0 spiro atoms. The number of rotatable bonds is 9. The Morgan fingerprint density at radius 2 is 1.61 bits per heavy atom. The second-order valence-electron chi connectivity index (χ2n) is 7.09. The third kappa shape index (κ3) is 6.90. The van der Waals surface area contributed by atoms with E-state index in [4.69, 9.17) is 4.74 Å². The van der Waals surface area contributed by atoms with Crippen molar-refractivity contribution in [2.45, 2.75) is 24.8 Å². The Morgan fingerprint density at radius 3 is 2.36 bits per heavy atom. The van der Waals surface area contributed by atoms with Crippen molar-refractivity contribution in [3.8, 4) is 5.75 Å². The van der Waals surface area contributed by atoms with E-state index in [1.165, 1.54) is 24.3 Å². The third-order valence-electron chi connectivity index (χ3n) is 4.74. The second-order valence-corrected chi connectivity index (χ2v) is 8.86. The van der Waals surface area contributed by atoms with Crippen molar-refractivity contribution in [1.82, 2.24) is 15.6 Å². The summed E-state index contributed by atoms with van der Waals surface area (Å²) >= 11 is 0. The predicted molar refractivity (Wildman–Crippen MR) is 124 cm³/mol. The Morgan fingerprint density at radius 1 is 0.879 bits per heavy atom. The van der Waals surface area contributed by atoms with E-state index in [1.807, 2.05) is 43.3 Å². The van der Waals surface area contributed by atoms with Gasteiger partial charge in [-0.15, -0.1) is 0 Å². The van der Waals surface area contributed by atoms with Gasteiger partial charge in [0.1, 0.15) is 5.75 Å². The van der Waals surface area contributed by atoms with Gasteiger partial charge in [0.05, 0.1) is 4.90 Å². The molecule has 0 aliphatic rings.